The molecule has 0 aromatic carbocycles. The lowest BCUT2D eigenvalue weighted by atomic mass is 9.55. The Hall–Kier alpha value is -1.24. The Balaban J connectivity index is 1.96. The molecule has 8 atom stereocenters. The standard InChI is InChI=1S/C20H28O6/c1-10-8-18-9-19(10,25)6-4-12(18)20(26)7-5-13(22)17(3,11(2)21)15(20)14(18)16(23)24/h12-15,22,25-26H,1,4-9H2,2-3H3,(H,23,24)/t12-,13+,14-,15-,17?,18+,19+,20-/m1/s1. The van der Waals surface area contributed by atoms with Gasteiger partial charge in [-0.1, -0.05) is 6.58 Å². The normalized spacial score (nSPS) is 55.3. The summed E-state index contributed by atoms with van der Waals surface area (Å²) in [6.07, 6.45) is 1.16. The van der Waals surface area contributed by atoms with E-state index in [-0.39, 0.29) is 31.0 Å². The monoisotopic (exact) mass is 364 g/mol. The van der Waals surface area contributed by atoms with Crippen molar-refractivity contribution in [1.29, 1.82) is 0 Å². The van der Waals surface area contributed by atoms with Crippen LogP contribution in [0.25, 0.3) is 0 Å². The van der Waals surface area contributed by atoms with E-state index in [2.05, 4.69) is 6.58 Å². The first-order valence-corrected chi connectivity index (χ1v) is 9.48. The minimum Gasteiger partial charge on any atom is -0.481 e. The van der Waals surface area contributed by atoms with Gasteiger partial charge in [0.05, 0.1) is 28.6 Å². The van der Waals surface area contributed by atoms with Crippen molar-refractivity contribution < 1.29 is 30.0 Å². The van der Waals surface area contributed by atoms with Gasteiger partial charge in [0.15, 0.2) is 0 Å². The van der Waals surface area contributed by atoms with E-state index in [0.29, 0.717) is 24.8 Å². The van der Waals surface area contributed by atoms with Gasteiger partial charge >= 0.3 is 5.97 Å². The van der Waals surface area contributed by atoms with Crippen LogP contribution in [0.4, 0.5) is 0 Å². The Kier molecular flexibility index (Phi) is 3.47. The van der Waals surface area contributed by atoms with Crippen LogP contribution >= 0.6 is 0 Å². The Bertz CT molecular complexity index is 717. The minimum absolute atomic E-state index is 0.267. The van der Waals surface area contributed by atoms with E-state index < -0.39 is 45.9 Å². The zero-order valence-electron chi connectivity index (χ0n) is 15.4. The predicted octanol–water partition coefficient (Wildman–Crippen LogP) is 1.28. The Labute approximate surface area is 152 Å². The SMILES string of the molecule is C=C1C[C@]23C[C@@]1(O)CC[C@H]2[C@]1(O)CC[C@H](O)C(C)(C(C)=O)[C@H]1[C@@H]3C(=O)O. The van der Waals surface area contributed by atoms with Gasteiger partial charge in [-0.2, -0.15) is 0 Å². The van der Waals surface area contributed by atoms with E-state index in [1.807, 2.05) is 0 Å². The lowest BCUT2D eigenvalue weighted by molar-refractivity contribution is -0.184. The molecule has 0 heterocycles. The third kappa shape index (κ3) is 1.78. The molecule has 0 saturated heterocycles. The molecule has 26 heavy (non-hydrogen) atoms. The number of carbonyl (C=O) groups is 2. The fraction of sp³-hybridized carbons (Fsp3) is 0.800. The van der Waals surface area contributed by atoms with Crippen molar-refractivity contribution in [2.75, 3.05) is 0 Å². The molecular weight excluding hydrogens is 336 g/mol. The number of aliphatic carboxylic acids is 1. The number of ketones is 1. The summed E-state index contributed by atoms with van der Waals surface area (Å²) in [5, 5.41) is 43.6. The van der Waals surface area contributed by atoms with E-state index in [1.54, 1.807) is 6.92 Å². The second kappa shape index (κ2) is 4.97. The number of Topliss-reactive ketones (excluding diaryl/α,β-unsaturated/α-hetero) is 1. The van der Waals surface area contributed by atoms with Crippen LogP contribution < -0.4 is 0 Å². The van der Waals surface area contributed by atoms with Gasteiger partial charge in [-0.3, -0.25) is 9.59 Å². The number of rotatable bonds is 2. The molecule has 4 N–H and O–H groups in total. The summed E-state index contributed by atoms with van der Waals surface area (Å²) < 4.78 is 0. The summed E-state index contributed by atoms with van der Waals surface area (Å²) in [6, 6.07) is 0. The number of carboxylic acid groups (broad SMARTS) is 1. The van der Waals surface area contributed by atoms with Gasteiger partial charge in [-0.25, -0.2) is 0 Å². The van der Waals surface area contributed by atoms with Crippen LogP contribution in [0.3, 0.4) is 0 Å². The van der Waals surface area contributed by atoms with Gasteiger partial charge in [0.2, 0.25) is 0 Å². The van der Waals surface area contributed by atoms with Crippen molar-refractivity contribution in [2.24, 2.45) is 28.6 Å². The quantitative estimate of drug-likeness (QED) is 0.549. The van der Waals surface area contributed by atoms with E-state index >= 15 is 0 Å². The molecule has 0 aliphatic heterocycles. The minimum atomic E-state index is -1.32. The van der Waals surface area contributed by atoms with Crippen molar-refractivity contribution in [3.63, 3.8) is 0 Å². The maximum Gasteiger partial charge on any atom is 0.307 e. The van der Waals surface area contributed by atoms with Crippen LogP contribution in [-0.2, 0) is 9.59 Å². The second-order valence-corrected chi connectivity index (χ2v) is 9.49. The van der Waals surface area contributed by atoms with Crippen molar-refractivity contribution >= 4 is 11.8 Å². The molecule has 4 aliphatic carbocycles. The van der Waals surface area contributed by atoms with Gasteiger partial charge in [0, 0.05) is 5.92 Å². The molecule has 6 heteroatoms. The Morgan fingerprint density at radius 1 is 1.19 bits per heavy atom. The molecule has 0 aromatic rings. The molecule has 0 radical (unpaired) electrons. The summed E-state index contributed by atoms with van der Waals surface area (Å²) in [5.74, 6) is -3.52. The molecule has 4 fully saturated rings. The molecule has 6 nitrogen and oxygen atoms in total. The van der Waals surface area contributed by atoms with Gasteiger partial charge in [0.25, 0.3) is 0 Å². The topological polar surface area (TPSA) is 115 Å². The molecule has 144 valence electrons. The summed E-state index contributed by atoms with van der Waals surface area (Å²) in [4.78, 5) is 25.0. The highest BCUT2D eigenvalue weighted by Crippen LogP contribution is 2.75. The van der Waals surface area contributed by atoms with Crippen molar-refractivity contribution in [1.82, 2.24) is 0 Å². The van der Waals surface area contributed by atoms with Crippen LogP contribution in [0.2, 0.25) is 0 Å². The number of aliphatic hydroxyl groups is 3. The van der Waals surface area contributed by atoms with Crippen LogP contribution in [0, 0.1) is 28.6 Å². The summed E-state index contributed by atoms with van der Waals surface area (Å²) in [5.41, 5.74) is -3.90. The Morgan fingerprint density at radius 2 is 1.85 bits per heavy atom. The van der Waals surface area contributed by atoms with Crippen LogP contribution in [0.5, 0.6) is 0 Å². The van der Waals surface area contributed by atoms with Crippen molar-refractivity contribution in [3.8, 4) is 0 Å². The van der Waals surface area contributed by atoms with Crippen LogP contribution in [0.1, 0.15) is 52.4 Å². The van der Waals surface area contributed by atoms with Gasteiger partial charge in [-0.15, -0.1) is 0 Å². The first-order valence-electron chi connectivity index (χ1n) is 9.48. The fourth-order valence-electron chi connectivity index (χ4n) is 7.41. The predicted molar refractivity (Wildman–Crippen MR) is 92.1 cm³/mol. The maximum atomic E-state index is 12.6. The number of fused-ring (bicyclic) bond motifs is 3. The first-order chi connectivity index (χ1) is 11.9. The molecule has 1 unspecified atom stereocenters. The van der Waals surface area contributed by atoms with E-state index in [4.69, 9.17) is 0 Å². The summed E-state index contributed by atoms with van der Waals surface area (Å²) in [6.45, 7) is 6.98. The van der Waals surface area contributed by atoms with Crippen molar-refractivity contribution in [2.45, 2.75) is 69.7 Å². The molecule has 1 spiro atoms. The largest absolute Gasteiger partial charge is 0.481 e. The summed E-state index contributed by atoms with van der Waals surface area (Å²) >= 11 is 0. The summed E-state index contributed by atoms with van der Waals surface area (Å²) in [7, 11) is 0. The third-order valence-electron chi connectivity index (χ3n) is 8.64. The number of carbonyl (C=O) groups excluding carboxylic acids is 1. The number of hydrogen-bond donors (Lipinski definition) is 4. The highest BCUT2D eigenvalue weighted by Gasteiger charge is 2.78. The zero-order valence-corrected chi connectivity index (χ0v) is 15.4. The zero-order chi connectivity index (χ0) is 19.3. The van der Waals surface area contributed by atoms with E-state index in [0.717, 1.165) is 0 Å². The van der Waals surface area contributed by atoms with Crippen molar-refractivity contribution in [3.05, 3.63) is 12.2 Å². The van der Waals surface area contributed by atoms with E-state index in [9.17, 15) is 30.0 Å². The number of hydrogen-bond acceptors (Lipinski definition) is 5. The molecule has 4 aliphatic rings. The van der Waals surface area contributed by atoms with Crippen LogP contribution in [-0.4, -0.2) is 49.5 Å². The Morgan fingerprint density at radius 3 is 2.42 bits per heavy atom. The fourth-order valence-corrected chi connectivity index (χ4v) is 7.41. The lowest BCUT2D eigenvalue weighted by Crippen LogP contribution is -2.60. The van der Waals surface area contributed by atoms with Crippen LogP contribution in [0.15, 0.2) is 12.2 Å². The smallest absolute Gasteiger partial charge is 0.307 e. The third-order valence-corrected chi connectivity index (χ3v) is 8.64. The molecule has 4 rings (SSSR count). The lowest BCUT2D eigenvalue weighted by Gasteiger charge is -2.52. The maximum absolute atomic E-state index is 12.6. The van der Waals surface area contributed by atoms with Gasteiger partial charge in [0.1, 0.15) is 5.78 Å². The molecule has 0 amide bonds. The average Bonchev–Trinajstić information content (AvgIpc) is 2.88. The first kappa shape index (κ1) is 18.1. The van der Waals surface area contributed by atoms with E-state index in [1.165, 1.54) is 6.92 Å². The molecule has 0 aromatic heterocycles. The second-order valence-electron chi connectivity index (χ2n) is 9.49. The molecule has 4 saturated carbocycles. The molecule has 2 bridgehead atoms. The van der Waals surface area contributed by atoms with Gasteiger partial charge < -0.3 is 20.4 Å². The highest BCUT2D eigenvalue weighted by atomic mass is 16.4. The number of aliphatic hydroxyl groups excluding tert-OH is 1. The van der Waals surface area contributed by atoms with Gasteiger partial charge in [-0.05, 0) is 69.3 Å². The number of carboxylic acids is 1. The highest BCUT2D eigenvalue weighted by molar-refractivity contribution is 5.85. The molecular formula is C20H28O6. The average molecular weight is 364 g/mol.